The van der Waals surface area contributed by atoms with Crippen LogP contribution in [0.5, 0.6) is 11.8 Å². The van der Waals surface area contributed by atoms with Gasteiger partial charge in [0.25, 0.3) is 0 Å². The van der Waals surface area contributed by atoms with E-state index < -0.39 is 6.16 Å². The van der Waals surface area contributed by atoms with Gasteiger partial charge in [-0.15, -0.1) is 0 Å². The van der Waals surface area contributed by atoms with Gasteiger partial charge in [0.2, 0.25) is 0 Å². The molecule has 7 nitrogen and oxygen atoms in total. The van der Waals surface area contributed by atoms with Crippen LogP contribution in [-0.4, -0.2) is 34.8 Å². The first-order valence-electron chi connectivity index (χ1n) is 6.39. The summed E-state index contributed by atoms with van der Waals surface area (Å²) in [5.74, 6) is 0.680. The number of carbonyl (C=O) groups is 1. The van der Waals surface area contributed by atoms with E-state index in [-0.39, 0.29) is 12.6 Å². The molecule has 0 spiro atoms. The zero-order valence-electron chi connectivity index (χ0n) is 11.5. The zero-order chi connectivity index (χ0) is 14.8. The van der Waals surface area contributed by atoms with Gasteiger partial charge in [-0.2, -0.15) is 4.98 Å². The maximum Gasteiger partial charge on any atom is 0.516 e. The first kappa shape index (κ1) is 13.2. The maximum atomic E-state index is 11.3. The minimum atomic E-state index is -0.830. The van der Waals surface area contributed by atoms with Crippen molar-refractivity contribution >= 4 is 28.1 Å². The summed E-state index contributed by atoms with van der Waals surface area (Å²) in [7, 11) is 1.59. The van der Waals surface area contributed by atoms with Crippen molar-refractivity contribution < 1.29 is 19.0 Å². The smallest absolute Gasteiger partial charge is 0.496 e. The van der Waals surface area contributed by atoms with E-state index >= 15 is 0 Å². The molecular weight excluding hydrogens is 274 g/mol. The van der Waals surface area contributed by atoms with E-state index in [2.05, 4.69) is 15.0 Å². The molecule has 3 rings (SSSR count). The molecule has 0 aliphatic heterocycles. The van der Waals surface area contributed by atoms with Crippen molar-refractivity contribution in [1.82, 2.24) is 15.0 Å². The molecule has 0 saturated carbocycles. The second kappa shape index (κ2) is 5.28. The second-order valence-electron chi connectivity index (χ2n) is 4.21. The Morgan fingerprint density at radius 2 is 2.19 bits per heavy atom. The standard InChI is InChI=1S/C14H13N3O4/c1-3-20-14(18)21-13-15-7-9-12(17-13)11-8(16-9)5-4-6-10(11)19-2/h4-7,16H,3H2,1-2H3. The number of hydrogen-bond donors (Lipinski definition) is 1. The van der Waals surface area contributed by atoms with Gasteiger partial charge in [0.05, 0.1) is 36.3 Å². The van der Waals surface area contributed by atoms with Gasteiger partial charge in [0.15, 0.2) is 0 Å². The molecule has 0 saturated heterocycles. The summed E-state index contributed by atoms with van der Waals surface area (Å²) in [5.41, 5.74) is 2.22. The molecule has 0 radical (unpaired) electrons. The Labute approximate surface area is 119 Å². The van der Waals surface area contributed by atoms with Gasteiger partial charge >= 0.3 is 12.2 Å². The average molecular weight is 287 g/mol. The van der Waals surface area contributed by atoms with E-state index in [9.17, 15) is 4.79 Å². The van der Waals surface area contributed by atoms with E-state index in [1.54, 1.807) is 20.2 Å². The third-order valence-corrected chi connectivity index (χ3v) is 2.96. The van der Waals surface area contributed by atoms with Crippen LogP contribution < -0.4 is 9.47 Å². The molecule has 1 N–H and O–H groups in total. The molecule has 0 aliphatic carbocycles. The number of ether oxygens (including phenoxy) is 3. The lowest BCUT2D eigenvalue weighted by molar-refractivity contribution is 0.101. The summed E-state index contributed by atoms with van der Waals surface area (Å²) in [6.07, 6.45) is 0.722. The van der Waals surface area contributed by atoms with Gasteiger partial charge in [0.1, 0.15) is 11.3 Å². The highest BCUT2D eigenvalue weighted by atomic mass is 16.7. The largest absolute Gasteiger partial charge is 0.516 e. The normalized spacial score (nSPS) is 10.8. The predicted molar refractivity (Wildman–Crippen MR) is 75.6 cm³/mol. The number of aromatic amines is 1. The third-order valence-electron chi connectivity index (χ3n) is 2.96. The minimum Gasteiger partial charge on any atom is -0.496 e. The van der Waals surface area contributed by atoms with Crippen LogP contribution in [0.2, 0.25) is 0 Å². The van der Waals surface area contributed by atoms with Gasteiger partial charge in [-0.3, -0.25) is 0 Å². The average Bonchev–Trinajstić information content (AvgIpc) is 2.85. The van der Waals surface area contributed by atoms with Gasteiger partial charge in [-0.25, -0.2) is 9.78 Å². The SMILES string of the molecule is CCOC(=O)Oc1ncc2[nH]c3cccc(OC)c3c2n1. The van der Waals surface area contributed by atoms with Crippen molar-refractivity contribution in [3.63, 3.8) is 0 Å². The summed E-state index contributed by atoms with van der Waals surface area (Å²) in [6, 6.07) is 5.56. The highest BCUT2D eigenvalue weighted by molar-refractivity contribution is 6.08. The lowest BCUT2D eigenvalue weighted by atomic mass is 10.2. The molecule has 0 aliphatic rings. The van der Waals surface area contributed by atoms with Crippen LogP contribution in [0.25, 0.3) is 21.9 Å². The quantitative estimate of drug-likeness (QED) is 0.745. The Morgan fingerprint density at radius 3 is 2.95 bits per heavy atom. The molecule has 21 heavy (non-hydrogen) atoms. The van der Waals surface area contributed by atoms with Crippen molar-refractivity contribution in [3.8, 4) is 11.8 Å². The fraction of sp³-hybridized carbons (Fsp3) is 0.214. The Bertz CT molecular complexity index is 812. The van der Waals surface area contributed by atoms with Crippen LogP contribution in [-0.2, 0) is 4.74 Å². The number of methoxy groups -OCH3 is 1. The highest BCUT2D eigenvalue weighted by Gasteiger charge is 2.14. The number of nitrogens with zero attached hydrogens (tertiary/aromatic N) is 2. The molecule has 7 heteroatoms. The number of hydrogen-bond acceptors (Lipinski definition) is 6. The molecule has 2 heterocycles. The van der Waals surface area contributed by atoms with Crippen molar-refractivity contribution in [3.05, 3.63) is 24.4 Å². The van der Waals surface area contributed by atoms with Crippen LogP contribution in [0.3, 0.4) is 0 Å². The van der Waals surface area contributed by atoms with E-state index in [0.29, 0.717) is 11.3 Å². The van der Waals surface area contributed by atoms with E-state index in [1.807, 2.05) is 18.2 Å². The molecule has 0 bridgehead atoms. The van der Waals surface area contributed by atoms with Crippen LogP contribution in [0.4, 0.5) is 4.79 Å². The van der Waals surface area contributed by atoms with Gasteiger partial charge < -0.3 is 19.2 Å². The van der Waals surface area contributed by atoms with Crippen LogP contribution in [0.15, 0.2) is 24.4 Å². The fourth-order valence-corrected chi connectivity index (χ4v) is 2.11. The second-order valence-corrected chi connectivity index (χ2v) is 4.21. The Morgan fingerprint density at radius 1 is 1.33 bits per heavy atom. The van der Waals surface area contributed by atoms with Crippen molar-refractivity contribution in [2.75, 3.05) is 13.7 Å². The lowest BCUT2D eigenvalue weighted by Gasteiger charge is -2.03. The molecule has 0 atom stereocenters. The topological polar surface area (TPSA) is 86.3 Å². The van der Waals surface area contributed by atoms with E-state index in [0.717, 1.165) is 16.4 Å². The van der Waals surface area contributed by atoms with Gasteiger partial charge in [-0.05, 0) is 19.1 Å². The maximum absolute atomic E-state index is 11.3. The molecule has 0 unspecified atom stereocenters. The number of fused-ring (bicyclic) bond motifs is 3. The van der Waals surface area contributed by atoms with E-state index in [1.165, 1.54) is 0 Å². The summed E-state index contributed by atoms with van der Waals surface area (Å²) < 4.78 is 15.0. The van der Waals surface area contributed by atoms with Crippen LogP contribution in [0, 0.1) is 0 Å². The number of nitrogens with one attached hydrogen (secondary N) is 1. The fourth-order valence-electron chi connectivity index (χ4n) is 2.11. The van der Waals surface area contributed by atoms with Crippen molar-refractivity contribution in [1.29, 1.82) is 0 Å². The number of rotatable bonds is 3. The molecule has 2 aromatic heterocycles. The van der Waals surface area contributed by atoms with Crippen LogP contribution >= 0.6 is 0 Å². The summed E-state index contributed by atoms with van der Waals surface area (Å²) in [4.78, 5) is 22.7. The molecule has 0 fully saturated rings. The lowest BCUT2D eigenvalue weighted by Crippen LogP contribution is -2.11. The molecule has 3 aromatic rings. The first-order valence-corrected chi connectivity index (χ1v) is 6.39. The van der Waals surface area contributed by atoms with Crippen LogP contribution in [0.1, 0.15) is 6.92 Å². The Balaban J connectivity index is 2.11. The Hall–Kier alpha value is -2.83. The Kier molecular flexibility index (Phi) is 3.31. The van der Waals surface area contributed by atoms with Crippen molar-refractivity contribution in [2.24, 2.45) is 0 Å². The highest BCUT2D eigenvalue weighted by Crippen LogP contribution is 2.32. The predicted octanol–water partition coefficient (Wildman–Crippen LogP) is 2.66. The first-order chi connectivity index (χ1) is 10.2. The number of H-pyrrole nitrogens is 1. The summed E-state index contributed by atoms with van der Waals surface area (Å²) in [5, 5.41) is 0.811. The number of carbonyl (C=O) groups excluding carboxylic acids is 1. The monoisotopic (exact) mass is 287 g/mol. The van der Waals surface area contributed by atoms with Gasteiger partial charge in [-0.1, -0.05) is 6.07 Å². The zero-order valence-corrected chi connectivity index (χ0v) is 11.5. The third kappa shape index (κ3) is 2.33. The minimum absolute atomic E-state index is 0.0623. The molecule has 0 amide bonds. The molecule has 108 valence electrons. The van der Waals surface area contributed by atoms with Crippen molar-refractivity contribution in [2.45, 2.75) is 6.92 Å². The molecule has 1 aromatic carbocycles. The number of benzene rings is 1. The summed E-state index contributed by atoms with van der Waals surface area (Å²) >= 11 is 0. The van der Waals surface area contributed by atoms with Gasteiger partial charge in [0, 0.05) is 0 Å². The van der Waals surface area contributed by atoms with E-state index in [4.69, 9.17) is 14.2 Å². The summed E-state index contributed by atoms with van der Waals surface area (Å²) in [6.45, 7) is 1.91. The number of aromatic nitrogens is 3. The molecular formula is C14H13N3O4.